The van der Waals surface area contributed by atoms with Gasteiger partial charge in [-0.3, -0.25) is 15.3 Å². The highest BCUT2D eigenvalue weighted by atomic mass is 32.1. The second-order valence-corrected chi connectivity index (χ2v) is 3.93. The summed E-state index contributed by atoms with van der Waals surface area (Å²) in [6.45, 7) is 1.09. The summed E-state index contributed by atoms with van der Waals surface area (Å²) in [7, 11) is 0. The first-order valence-corrected chi connectivity index (χ1v) is 5.64. The molecule has 1 amide bonds. The fourth-order valence-corrected chi connectivity index (χ4v) is 1.14. The van der Waals surface area contributed by atoms with E-state index < -0.39 is 11.5 Å². The van der Waals surface area contributed by atoms with Crippen LogP contribution in [0.5, 0.6) is 0 Å². The zero-order chi connectivity index (χ0) is 12.4. The van der Waals surface area contributed by atoms with Gasteiger partial charge in [-0.25, -0.2) is 0 Å². The third-order valence-corrected chi connectivity index (χ3v) is 2.42. The lowest BCUT2D eigenvalue weighted by atomic mass is 10.2. The Morgan fingerprint density at radius 1 is 1.50 bits per heavy atom. The number of amides is 1. The molecule has 0 spiro atoms. The number of hydrogen-bond acceptors (Lipinski definition) is 6. The maximum Gasteiger partial charge on any atom is 0.294 e. The molecule has 0 aromatic carbocycles. The Balaban J connectivity index is 3.39. The highest BCUT2D eigenvalue weighted by Crippen LogP contribution is 1.99. The molecule has 6 nitrogen and oxygen atoms in total. The molecule has 7 heteroatoms. The first-order chi connectivity index (χ1) is 7.61. The normalized spacial score (nSPS) is 13.9. The van der Waals surface area contributed by atoms with E-state index in [1.807, 2.05) is 0 Å². The Morgan fingerprint density at radius 3 is 2.75 bits per heavy atom. The van der Waals surface area contributed by atoms with Crippen LogP contribution in [0.25, 0.3) is 0 Å². The number of thiol groups is 1. The first-order valence-electron chi connectivity index (χ1n) is 5.12. The average Bonchev–Trinajstić information content (AvgIpc) is 2.27. The molecule has 16 heavy (non-hydrogen) atoms. The number of ether oxygens (including phenoxy) is 1. The Morgan fingerprint density at radius 2 is 2.19 bits per heavy atom. The standard InChI is InChI=1S/C9H19N3O3S/c10-5-7(16)9(14)12-4-2-1-3-8(11)15-6-13/h6-8,16H,1-5,10-11H2,(H,12,14). The predicted octanol–water partition coefficient (Wildman–Crippen LogP) is -1.01. The lowest BCUT2D eigenvalue weighted by Crippen LogP contribution is -2.36. The average molecular weight is 249 g/mol. The second-order valence-electron chi connectivity index (χ2n) is 3.31. The zero-order valence-electron chi connectivity index (χ0n) is 9.09. The molecular formula is C9H19N3O3S. The third-order valence-electron chi connectivity index (χ3n) is 1.97. The lowest BCUT2D eigenvalue weighted by Gasteiger charge is -2.10. The van der Waals surface area contributed by atoms with Crippen molar-refractivity contribution in [3.05, 3.63) is 0 Å². The molecule has 0 saturated heterocycles. The van der Waals surface area contributed by atoms with Crippen LogP contribution in [0, 0.1) is 0 Å². The first kappa shape index (κ1) is 15.2. The fourth-order valence-electron chi connectivity index (χ4n) is 1.05. The molecule has 0 aromatic rings. The zero-order valence-corrected chi connectivity index (χ0v) is 9.99. The topological polar surface area (TPSA) is 107 Å². The van der Waals surface area contributed by atoms with Crippen molar-refractivity contribution >= 4 is 25.0 Å². The fraction of sp³-hybridized carbons (Fsp3) is 0.778. The van der Waals surface area contributed by atoms with Crippen molar-refractivity contribution in [2.24, 2.45) is 11.5 Å². The molecule has 2 unspecified atom stereocenters. The van der Waals surface area contributed by atoms with Gasteiger partial charge >= 0.3 is 0 Å². The van der Waals surface area contributed by atoms with Crippen molar-refractivity contribution in [3.63, 3.8) is 0 Å². The molecule has 0 rings (SSSR count). The van der Waals surface area contributed by atoms with E-state index in [2.05, 4.69) is 22.7 Å². The summed E-state index contributed by atoms with van der Waals surface area (Å²) in [6, 6.07) is 0. The van der Waals surface area contributed by atoms with Gasteiger partial charge in [-0.1, -0.05) is 0 Å². The number of carbonyl (C=O) groups is 2. The van der Waals surface area contributed by atoms with Gasteiger partial charge < -0.3 is 15.8 Å². The lowest BCUT2D eigenvalue weighted by molar-refractivity contribution is -0.133. The molecule has 0 heterocycles. The molecule has 0 aliphatic heterocycles. The van der Waals surface area contributed by atoms with Crippen LogP contribution >= 0.6 is 12.6 Å². The molecule has 0 aliphatic carbocycles. The summed E-state index contributed by atoms with van der Waals surface area (Å²) in [4.78, 5) is 21.1. The van der Waals surface area contributed by atoms with Crippen molar-refractivity contribution in [1.29, 1.82) is 0 Å². The van der Waals surface area contributed by atoms with Gasteiger partial charge in [0.25, 0.3) is 6.47 Å². The largest absolute Gasteiger partial charge is 0.449 e. The van der Waals surface area contributed by atoms with Gasteiger partial charge in [0.1, 0.15) is 0 Å². The van der Waals surface area contributed by atoms with Crippen LogP contribution in [-0.2, 0) is 14.3 Å². The van der Waals surface area contributed by atoms with Crippen molar-refractivity contribution in [2.45, 2.75) is 30.7 Å². The molecule has 0 radical (unpaired) electrons. The second kappa shape index (κ2) is 9.44. The maximum atomic E-state index is 11.2. The Bertz CT molecular complexity index is 216. The SMILES string of the molecule is NCC(S)C(=O)NCCCCC(N)OC=O. The molecule has 0 saturated carbocycles. The number of carbonyl (C=O) groups excluding carboxylic acids is 2. The van der Waals surface area contributed by atoms with Crippen molar-refractivity contribution < 1.29 is 14.3 Å². The monoisotopic (exact) mass is 249 g/mol. The Hall–Kier alpha value is -0.790. The minimum Gasteiger partial charge on any atom is -0.449 e. The summed E-state index contributed by atoms with van der Waals surface area (Å²) in [5.74, 6) is -0.167. The van der Waals surface area contributed by atoms with Gasteiger partial charge in [-0.05, 0) is 19.3 Å². The number of unbranched alkanes of at least 4 members (excludes halogenated alkanes) is 1. The van der Waals surface area contributed by atoms with Crippen LogP contribution in [0.2, 0.25) is 0 Å². The van der Waals surface area contributed by atoms with Gasteiger partial charge in [-0.2, -0.15) is 12.6 Å². The summed E-state index contributed by atoms with van der Waals surface area (Å²) in [6.07, 6.45) is 1.56. The van der Waals surface area contributed by atoms with Crippen LogP contribution in [0.1, 0.15) is 19.3 Å². The summed E-state index contributed by atoms with van der Waals surface area (Å²) < 4.78 is 4.51. The number of nitrogens with one attached hydrogen (secondary N) is 1. The van der Waals surface area contributed by atoms with Crippen LogP contribution in [0.15, 0.2) is 0 Å². The summed E-state index contributed by atoms with van der Waals surface area (Å²) >= 11 is 3.99. The van der Waals surface area contributed by atoms with Gasteiger partial charge in [0.15, 0.2) is 6.23 Å². The number of rotatable bonds is 9. The van der Waals surface area contributed by atoms with E-state index in [1.165, 1.54) is 0 Å². The van der Waals surface area contributed by atoms with E-state index in [0.717, 1.165) is 12.8 Å². The maximum absolute atomic E-state index is 11.2. The van der Waals surface area contributed by atoms with E-state index in [0.29, 0.717) is 19.4 Å². The molecule has 2 atom stereocenters. The smallest absolute Gasteiger partial charge is 0.294 e. The van der Waals surface area contributed by atoms with E-state index in [9.17, 15) is 9.59 Å². The van der Waals surface area contributed by atoms with Crippen LogP contribution in [-0.4, -0.2) is 36.9 Å². The molecule has 94 valence electrons. The van der Waals surface area contributed by atoms with E-state index in [4.69, 9.17) is 11.5 Å². The van der Waals surface area contributed by atoms with Crippen LogP contribution < -0.4 is 16.8 Å². The molecular weight excluding hydrogens is 230 g/mol. The quantitative estimate of drug-likeness (QED) is 0.181. The van der Waals surface area contributed by atoms with E-state index in [-0.39, 0.29) is 12.5 Å². The van der Waals surface area contributed by atoms with Gasteiger partial charge in [0.05, 0.1) is 5.25 Å². The van der Waals surface area contributed by atoms with Gasteiger partial charge in [0.2, 0.25) is 5.91 Å². The minimum atomic E-state index is -0.560. The summed E-state index contributed by atoms with van der Waals surface area (Å²) in [5, 5.41) is 2.23. The van der Waals surface area contributed by atoms with E-state index in [1.54, 1.807) is 0 Å². The van der Waals surface area contributed by atoms with Gasteiger partial charge in [0, 0.05) is 13.1 Å². The predicted molar refractivity (Wildman–Crippen MR) is 63.8 cm³/mol. The highest BCUT2D eigenvalue weighted by molar-refractivity contribution is 7.81. The van der Waals surface area contributed by atoms with Crippen molar-refractivity contribution in [1.82, 2.24) is 5.32 Å². The Kier molecular flexibility index (Phi) is 8.97. The third kappa shape index (κ3) is 7.49. The van der Waals surface area contributed by atoms with Crippen LogP contribution in [0.4, 0.5) is 0 Å². The van der Waals surface area contributed by atoms with E-state index >= 15 is 0 Å². The Labute approximate surface area is 100 Å². The molecule has 0 bridgehead atoms. The molecule has 0 aliphatic rings. The minimum absolute atomic E-state index is 0.167. The van der Waals surface area contributed by atoms with Crippen molar-refractivity contribution in [3.8, 4) is 0 Å². The summed E-state index contributed by atoms with van der Waals surface area (Å²) in [5.41, 5.74) is 10.7. The highest BCUT2D eigenvalue weighted by Gasteiger charge is 2.10. The molecule has 0 aromatic heterocycles. The number of nitrogens with two attached hydrogens (primary N) is 2. The number of hydrogen-bond donors (Lipinski definition) is 4. The molecule has 5 N–H and O–H groups in total. The van der Waals surface area contributed by atoms with Crippen molar-refractivity contribution in [2.75, 3.05) is 13.1 Å². The molecule has 0 fully saturated rings. The van der Waals surface area contributed by atoms with Gasteiger partial charge in [-0.15, -0.1) is 0 Å². The van der Waals surface area contributed by atoms with Crippen LogP contribution in [0.3, 0.4) is 0 Å².